The molecule has 0 spiro atoms. The van der Waals surface area contributed by atoms with Gasteiger partial charge in [0.05, 0.1) is 12.3 Å². The maximum Gasteiger partial charge on any atom is 0.275 e. The van der Waals surface area contributed by atoms with Crippen molar-refractivity contribution in [3.63, 3.8) is 0 Å². The molecule has 1 amide bonds. The van der Waals surface area contributed by atoms with E-state index in [1.165, 1.54) is 11.3 Å². The first kappa shape index (κ1) is 24.0. The number of nitrogens with zero attached hydrogens (tertiary/aromatic N) is 5. The van der Waals surface area contributed by atoms with E-state index in [-0.39, 0.29) is 29.5 Å². The molecule has 3 aromatic heterocycles. The molecule has 4 bridgehead atoms. The van der Waals surface area contributed by atoms with Gasteiger partial charge in [0.2, 0.25) is 5.88 Å². The van der Waals surface area contributed by atoms with E-state index in [4.69, 9.17) is 9.47 Å². The number of ketones is 1. The van der Waals surface area contributed by atoms with Crippen LogP contribution in [0.3, 0.4) is 0 Å². The number of anilines is 1. The van der Waals surface area contributed by atoms with Crippen LogP contribution in [0, 0.1) is 0 Å². The summed E-state index contributed by atoms with van der Waals surface area (Å²) < 4.78 is 13.0. The molecule has 3 aromatic rings. The summed E-state index contributed by atoms with van der Waals surface area (Å²) in [4.78, 5) is 36.6. The fraction of sp³-hybridized carbons (Fsp3) is 0.435. The topological polar surface area (TPSA) is 111 Å². The molecule has 0 aromatic carbocycles. The number of hydrogen-bond donors (Lipinski definition) is 1. The average molecular weight is 485 g/mol. The average Bonchev–Trinajstić information content (AvgIpc) is 3.45. The van der Waals surface area contributed by atoms with Crippen molar-refractivity contribution in [2.45, 2.75) is 25.8 Å². The highest BCUT2D eigenvalue weighted by atomic mass is 32.1. The second-order valence-corrected chi connectivity index (χ2v) is 9.03. The molecule has 1 aliphatic rings. The molecule has 0 fully saturated rings. The van der Waals surface area contributed by atoms with Crippen LogP contribution in [-0.4, -0.2) is 76.8 Å². The van der Waals surface area contributed by atoms with Crippen molar-refractivity contribution in [2.24, 2.45) is 0 Å². The molecule has 1 N–H and O–H groups in total. The normalized spacial score (nSPS) is 15.3. The predicted octanol–water partition coefficient (Wildman–Crippen LogP) is 2.98. The van der Waals surface area contributed by atoms with E-state index in [9.17, 15) is 9.59 Å². The van der Waals surface area contributed by atoms with Gasteiger partial charge in [-0.15, -0.1) is 11.3 Å². The molecule has 0 aliphatic carbocycles. The Morgan fingerprint density at radius 1 is 1.24 bits per heavy atom. The third-order valence-electron chi connectivity index (χ3n) is 5.16. The van der Waals surface area contributed by atoms with Crippen LogP contribution >= 0.6 is 11.3 Å². The van der Waals surface area contributed by atoms with Crippen molar-refractivity contribution in [1.29, 1.82) is 0 Å². The van der Waals surface area contributed by atoms with Crippen molar-refractivity contribution in [3.05, 3.63) is 41.3 Å². The van der Waals surface area contributed by atoms with Gasteiger partial charge in [0.25, 0.3) is 5.91 Å². The van der Waals surface area contributed by atoms with E-state index in [1.807, 2.05) is 20.2 Å². The number of Topliss-reactive ketones (excluding diaryl/α,β-unsaturated/α-hetero) is 1. The summed E-state index contributed by atoms with van der Waals surface area (Å²) in [5.41, 5.74) is 1.74. The summed E-state index contributed by atoms with van der Waals surface area (Å²) in [5.74, 6) is -0.0648. The zero-order valence-electron chi connectivity index (χ0n) is 19.3. The zero-order chi connectivity index (χ0) is 23.9. The molecule has 0 saturated carbocycles. The highest BCUT2D eigenvalue weighted by Gasteiger charge is 2.21. The molecule has 0 unspecified atom stereocenters. The Bertz CT molecular complexity index is 1140. The number of rotatable bonds is 4. The Hall–Kier alpha value is -3.15. The van der Waals surface area contributed by atoms with Crippen LogP contribution in [-0.2, 0) is 11.3 Å². The summed E-state index contributed by atoms with van der Waals surface area (Å²) in [6, 6.07) is 3.61. The van der Waals surface area contributed by atoms with Crippen molar-refractivity contribution in [2.75, 3.05) is 45.8 Å². The number of fused-ring (bicyclic) bond motifs is 6. The molecule has 0 saturated heterocycles. The van der Waals surface area contributed by atoms with E-state index < -0.39 is 0 Å². The SMILES string of the molecule is CN(C)CCCn1cc2c(n1)C(=O)CCCOCCOc1cc(ccn1)-c1nc(cs1)C(=O)N2. The minimum atomic E-state index is -0.389. The maximum atomic E-state index is 13.0. The molecular formula is C23H28N6O4S. The number of nitrogens with one attached hydrogen (secondary N) is 1. The predicted molar refractivity (Wildman–Crippen MR) is 129 cm³/mol. The molecule has 180 valence electrons. The first-order valence-corrected chi connectivity index (χ1v) is 12.1. The van der Waals surface area contributed by atoms with Gasteiger partial charge in [0.1, 0.15) is 17.3 Å². The minimum Gasteiger partial charge on any atom is -0.475 e. The lowest BCUT2D eigenvalue weighted by Crippen LogP contribution is -2.15. The van der Waals surface area contributed by atoms with Gasteiger partial charge in [-0.05, 0) is 39.5 Å². The number of pyridine rings is 1. The number of carbonyl (C=O) groups is 2. The smallest absolute Gasteiger partial charge is 0.275 e. The Morgan fingerprint density at radius 3 is 2.97 bits per heavy atom. The second-order valence-electron chi connectivity index (χ2n) is 8.17. The lowest BCUT2D eigenvalue weighted by molar-refractivity contribution is 0.0861. The zero-order valence-corrected chi connectivity index (χ0v) is 20.1. The number of thiazole rings is 1. The van der Waals surface area contributed by atoms with E-state index in [2.05, 4.69) is 25.3 Å². The monoisotopic (exact) mass is 484 g/mol. The summed E-state index contributed by atoms with van der Waals surface area (Å²) in [6.07, 6.45) is 5.05. The van der Waals surface area contributed by atoms with Gasteiger partial charge < -0.3 is 19.7 Å². The highest BCUT2D eigenvalue weighted by molar-refractivity contribution is 7.13. The quantitative estimate of drug-likeness (QED) is 0.602. The standard InChI is InChI=1S/C23H28N6O4S/c1-28(2)8-4-9-29-14-17-21(27-29)19(30)5-3-10-32-11-12-33-20-13-16(6-7-24-20)23-26-18(15-34-23)22(31)25-17/h6-7,13-15H,3-5,8-12H2,1-2H3,(H,25,31). The first-order valence-electron chi connectivity index (χ1n) is 11.2. The first-order chi connectivity index (χ1) is 16.5. The van der Waals surface area contributed by atoms with E-state index >= 15 is 0 Å². The van der Waals surface area contributed by atoms with Gasteiger partial charge in [-0.1, -0.05) is 0 Å². The van der Waals surface area contributed by atoms with Crippen LogP contribution in [0.2, 0.25) is 0 Å². The lowest BCUT2D eigenvalue weighted by Gasteiger charge is -2.08. The minimum absolute atomic E-state index is 0.138. The molecule has 34 heavy (non-hydrogen) atoms. The number of aromatic nitrogens is 4. The fourth-order valence-electron chi connectivity index (χ4n) is 3.46. The van der Waals surface area contributed by atoms with Crippen LogP contribution in [0.15, 0.2) is 29.9 Å². The van der Waals surface area contributed by atoms with Crippen LogP contribution in [0.4, 0.5) is 5.69 Å². The van der Waals surface area contributed by atoms with Crippen molar-refractivity contribution in [1.82, 2.24) is 24.6 Å². The Kier molecular flexibility index (Phi) is 7.99. The largest absolute Gasteiger partial charge is 0.475 e. The van der Waals surface area contributed by atoms with Crippen molar-refractivity contribution >= 4 is 28.7 Å². The van der Waals surface area contributed by atoms with Crippen LogP contribution in [0.25, 0.3) is 10.6 Å². The third kappa shape index (κ3) is 6.25. The number of hydrogen-bond acceptors (Lipinski definition) is 9. The summed E-state index contributed by atoms with van der Waals surface area (Å²) in [7, 11) is 4.02. The number of aryl methyl sites for hydroxylation is 1. The summed E-state index contributed by atoms with van der Waals surface area (Å²) >= 11 is 1.35. The van der Waals surface area contributed by atoms with E-state index in [0.717, 1.165) is 18.5 Å². The Balaban J connectivity index is 1.59. The van der Waals surface area contributed by atoms with Crippen LogP contribution < -0.4 is 10.1 Å². The Morgan fingerprint density at radius 2 is 2.12 bits per heavy atom. The van der Waals surface area contributed by atoms with Crippen molar-refractivity contribution in [3.8, 4) is 16.5 Å². The second kappa shape index (κ2) is 11.3. The molecular weight excluding hydrogens is 456 g/mol. The number of ether oxygens (including phenoxy) is 2. The molecule has 11 heteroatoms. The lowest BCUT2D eigenvalue weighted by atomic mass is 10.1. The van der Waals surface area contributed by atoms with Gasteiger partial charge in [-0.3, -0.25) is 14.3 Å². The molecule has 10 nitrogen and oxygen atoms in total. The molecule has 1 aliphatic heterocycles. The summed E-state index contributed by atoms with van der Waals surface area (Å²) in [6.45, 7) is 2.70. The van der Waals surface area contributed by atoms with Crippen LogP contribution in [0.5, 0.6) is 5.88 Å². The summed E-state index contributed by atoms with van der Waals surface area (Å²) in [5, 5.41) is 9.68. The number of carbonyl (C=O) groups excluding carboxylic acids is 2. The van der Waals surface area contributed by atoms with E-state index in [1.54, 1.807) is 28.5 Å². The van der Waals surface area contributed by atoms with Gasteiger partial charge in [0.15, 0.2) is 11.5 Å². The van der Waals surface area contributed by atoms with Gasteiger partial charge >= 0.3 is 0 Å². The third-order valence-corrected chi connectivity index (χ3v) is 6.05. The van der Waals surface area contributed by atoms with E-state index in [0.29, 0.717) is 49.4 Å². The molecule has 4 heterocycles. The van der Waals surface area contributed by atoms with Crippen LogP contribution in [0.1, 0.15) is 40.2 Å². The fourth-order valence-corrected chi connectivity index (χ4v) is 4.26. The number of amides is 1. The maximum absolute atomic E-state index is 13.0. The highest BCUT2D eigenvalue weighted by Crippen LogP contribution is 2.27. The van der Waals surface area contributed by atoms with Gasteiger partial charge in [-0.2, -0.15) is 5.10 Å². The van der Waals surface area contributed by atoms with Gasteiger partial charge in [0, 0.05) is 49.0 Å². The molecule has 0 atom stereocenters. The van der Waals surface area contributed by atoms with Gasteiger partial charge in [-0.25, -0.2) is 9.97 Å². The van der Waals surface area contributed by atoms with Crippen molar-refractivity contribution < 1.29 is 19.1 Å². The molecule has 4 rings (SSSR count). The molecule has 0 radical (unpaired) electrons. The Labute approximate surface area is 201 Å².